The average Bonchev–Trinajstić information content (AvgIpc) is 3.30. The van der Waals surface area contributed by atoms with Crippen LogP contribution in [-0.4, -0.2) is 31.6 Å². The number of methoxy groups -OCH3 is 2. The van der Waals surface area contributed by atoms with Crippen LogP contribution < -0.4 is 9.47 Å². The normalized spacial score (nSPS) is 17.4. The molecule has 3 rings (SSSR count). The quantitative estimate of drug-likeness (QED) is 0.786. The summed E-state index contributed by atoms with van der Waals surface area (Å²) in [6.45, 7) is 0.729. The first-order valence-corrected chi connectivity index (χ1v) is 7.97. The highest BCUT2D eigenvalue weighted by molar-refractivity contribution is 5.92. The van der Waals surface area contributed by atoms with E-state index < -0.39 is 0 Å². The standard InChI is InChI=1S/C19H21NO4/c1-22-15-7-9-18(23-2)16(13-15)17-6-3-11-20(17)19(21)10-8-14-5-4-12-24-14/h4-5,7-10,12-13,17H,3,6,11H2,1-2H3/b10-8+. The minimum atomic E-state index is -0.0289. The van der Waals surface area contributed by atoms with Crippen molar-refractivity contribution in [1.29, 1.82) is 0 Å². The van der Waals surface area contributed by atoms with Gasteiger partial charge in [0.25, 0.3) is 0 Å². The average molecular weight is 327 g/mol. The molecule has 2 heterocycles. The van der Waals surface area contributed by atoms with Crippen molar-refractivity contribution in [3.05, 3.63) is 54.0 Å². The van der Waals surface area contributed by atoms with E-state index in [1.165, 1.54) is 0 Å². The van der Waals surface area contributed by atoms with Crippen molar-refractivity contribution in [1.82, 2.24) is 4.90 Å². The van der Waals surface area contributed by atoms with Crippen LogP contribution >= 0.6 is 0 Å². The van der Waals surface area contributed by atoms with Gasteiger partial charge >= 0.3 is 0 Å². The van der Waals surface area contributed by atoms with E-state index in [1.807, 2.05) is 29.2 Å². The number of hydrogen-bond donors (Lipinski definition) is 0. The number of carbonyl (C=O) groups is 1. The summed E-state index contributed by atoms with van der Waals surface area (Å²) < 4.78 is 16.0. The summed E-state index contributed by atoms with van der Waals surface area (Å²) in [6.07, 6.45) is 6.71. The second kappa shape index (κ2) is 7.25. The third kappa shape index (κ3) is 3.30. The summed E-state index contributed by atoms with van der Waals surface area (Å²) in [4.78, 5) is 14.5. The number of furan rings is 1. The van der Waals surface area contributed by atoms with E-state index in [4.69, 9.17) is 13.9 Å². The Morgan fingerprint density at radius 3 is 2.88 bits per heavy atom. The van der Waals surface area contributed by atoms with Gasteiger partial charge in [0.2, 0.25) is 5.91 Å². The summed E-state index contributed by atoms with van der Waals surface area (Å²) in [5.41, 5.74) is 0.981. The molecule has 5 nitrogen and oxygen atoms in total. The summed E-state index contributed by atoms with van der Waals surface area (Å²) in [5, 5.41) is 0. The SMILES string of the molecule is COc1ccc(OC)c(C2CCCN2C(=O)/C=C/c2ccco2)c1. The first kappa shape index (κ1) is 16.2. The molecule has 0 spiro atoms. The van der Waals surface area contributed by atoms with E-state index in [9.17, 15) is 4.79 Å². The molecule has 2 aromatic rings. The number of benzene rings is 1. The van der Waals surface area contributed by atoms with Crippen LogP contribution in [0.1, 0.15) is 30.2 Å². The zero-order valence-electron chi connectivity index (χ0n) is 13.9. The van der Waals surface area contributed by atoms with Crippen LogP contribution in [0.5, 0.6) is 11.5 Å². The molecule has 1 fully saturated rings. The molecule has 1 atom stereocenters. The Kier molecular flexibility index (Phi) is 4.89. The fourth-order valence-corrected chi connectivity index (χ4v) is 3.09. The molecule has 1 unspecified atom stereocenters. The lowest BCUT2D eigenvalue weighted by Crippen LogP contribution is -2.29. The number of ether oxygens (including phenoxy) is 2. The Hall–Kier alpha value is -2.69. The molecule has 0 bridgehead atoms. The molecule has 1 aliphatic heterocycles. The van der Waals surface area contributed by atoms with Gasteiger partial charge in [0.15, 0.2) is 0 Å². The van der Waals surface area contributed by atoms with E-state index in [0.717, 1.165) is 36.4 Å². The minimum absolute atomic E-state index is 0.0104. The summed E-state index contributed by atoms with van der Waals surface area (Å²) in [7, 11) is 3.28. The smallest absolute Gasteiger partial charge is 0.247 e. The van der Waals surface area contributed by atoms with Crippen molar-refractivity contribution in [2.75, 3.05) is 20.8 Å². The Bertz CT molecular complexity index is 721. The molecular weight excluding hydrogens is 306 g/mol. The lowest BCUT2D eigenvalue weighted by atomic mass is 10.0. The molecule has 1 aromatic carbocycles. The molecule has 0 aliphatic carbocycles. The number of rotatable bonds is 5. The lowest BCUT2D eigenvalue weighted by Gasteiger charge is -2.25. The molecule has 1 saturated heterocycles. The highest BCUT2D eigenvalue weighted by Crippen LogP contribution is 2.39. The number of likely N-dealkylation sites (tertiary alicyclic amines) is 1. The Labute approximate surface area is 141 Å². The highest BCUT2D eigenvalue weighted by atomic mass is 16.5. The topological polar surface area (TPSA) is 51.9 Å². The molecule has 1 aliphatic rings. The molecule has 0 saturated carbocycles. The molecule has 126 valence electrons. The van der Waals surface area contributed by atoms with E-state index in [1.54, 1.807) is 38.7 Å². The zero-order valence-corrected chi connectivity index (χ0v) is 13.9. The maximum Gasteiger partial charge on any atom is 0.247 e. The van der Waals surface area contributed by atoms with Crippen LogP contribution in [0.15, 0.2) is 47.1 Å². The Morgan fingerprint density at radius 1 is 1.29 bits per heavy atom. The molecular formula is C19H21NO4. The summed E-state index contributed by atoms with van der Waals surface area (Å²) in [5.74, 6) is 2.17. The van der Waals surface area contributed by atoms with Crippen molar-refractivity contribution in [2.45, 2.75) is 18.9 Å². The monoisotopic (exact) mass is 327 g/mol. The lowest BCUT2D eigenvalue weighted by molar-refractivity contribution is -0.126. The molecule has 1 amide bonds. The van der Waals surface area contributed by atoms with Gasteiger partial charge < -0.3 is 18.8 Å². The van der Waals surface area contributed by atoms with Gasteiger partial charge in [0, 0.05) is 18.2 Å². The van der Waals surface area contributed by atoms with Gasteiger partial charge in [-0.25, -0.2) is 0 Å². The fourth-order valence-electron chi connectivity index (χ4n) is 3.09. The van der Waals surface area contributed by atoms with Gasteiger partial charge in [0.05, 0.1) is 26.5 Å². The van der Waals surface area contributed by atoms with Crippen molar-refractivity contribution in [3.8, 4) is 11.5 Å². The number of amides is 1. The Balaban J connectivity index is 1.84. The van der Waals surface area contributed by atoms with Gasteiger partial charge in [-0.2, -0.15) is 0 Å². The van der Waals surface area contributed by atoms with Crippen molar-refractivity contribution in [2.24, 2.45) is 0 Å². The van der Waals surface area contributed by atoms with Crippen molar-refractivity contribution < 1.29 is 18.7 Å². The number of carbonyl (C=O) groups excluding carboxylic acids is 1. The van der Waals surface area contributed by atoms with E-state index in [-0.39, 0.29) is 11.9 Å². The second-order valence-corrected chi connectivity index (χ2v) is 5.65. The van der Waals surface area contributed by atoms with Gasteiger partial charge in [-0.1, -0.05) is 0 Å². The fraction of sp³-hybridized carbons (Fsp3) is 0.316. The predicted octanol–water partition coefficient (Wildman–Crippen LogP) is 3.67. The van der Waals surface area contributed by atoms with Crippen LogP contribution in [0, 0.1) is 0 Å². The largest absolute Gasteiger partial charge is 0.497 e. The van der Waals surface area contributed by atoms with Gasteiger partial charge in [-0.15, -0.1) is 0 Å². The van der Waals surface area contributed by atoms with Crippen LogP contribution in [-0.2, 0) is 4.79 Å². The summed E-state index contributed by atoms with van der Waals surface area (Å²) >= 11 is 0. The Morgan fingerprint density at radius 2 is 2.17 bits per heavy atom. The molecule has 0 N–H and O–H groups in total. The van der Waals surface area contributed by atoms with Crippen molar-refractivity contribution >= 4 is 12.0 Å². The van der Waals surface area contributed by atoms with Gasteiger partial charge in [0.1, 0.15) is 17.3 Å². The first-order chi connectivity index (χ1) is 11.7. The first-order valence-electron chi connectivity index (χ1n) is 7.97. The maximum absolute atomic E-state index is 12.6. The van der Waals surface area contributed by atoms with Gasteiger partial charge in [-0.05, 0) is 49.2 Å². The minimum Gasteiger partial charge on any atom is -0.497 e. The van der Waals surface area contributed by atoms with E-state index in [0.29, 0.717) is 5.76 Å². The molecule has 24 heavy (non-hydrogen) atoms. The third-order valence-corrected chi connectivity index (χ3v) is 4.27. The third-order valence-electron chi connectivity index (χ3n) is 4.27. The van der Waals surface area contributed by atoms with Crippen LogP contribution in [0.3, 0.4) is 0 Å². The summed E-state index contributed by atoms with van der Waals surface area (Å²) in [6, 6.07) is 9.29. The van der Waals surface area contributed by atoms with Gasteiger partial charge in [-0.3, -0.25) is 4.79 Å². The second-order valence-electron chi connectivity index (χ2n) is 5.65. The molecule has 0 radical (unpaired) electrons. The van der Waals surface area contributed by atoms with E-state index in [2.05, 4.69) is 0 Å². The van der Waals surface area contributed by atoms with Crippen LogP contribution in [0.25, 0.3) is 6.08 Å². The molecule has 5 heteroatoms. The predicted molar refractivity (Wildman–Crippen MR) is 91.0 cm³/mol. The highest BCUT2D eigenvalue weighted by Gasteiger charge is 2.31. The van der Waals surface area contributed by atoms with Crippen molar-refractivity contribution in [3.63, 3.8) is 0 Å². The molecule has 1 aromatic heterocycles. The zero-order chi connectivity index (χ0) is 16.9. The number of nitrogens with zero attached hydrogens (tertiary/aromatic N) is 1. The maximum atomic E-state index is 12.6. The van der Waals surface area contributed by atoms with Crippen LogP contribution in [0.2, 0.25) is 0 Å². The number of hydrogen-bond acceptors (Lipinski definition) is 4. The van der Waals surface area contributed by atoms with E-state index >= 15 is 0 Å². The van der Waals surface area contributed by atoms with Crippen LogP contribution in [0.4, 0.5) is 0 Å².